The van der Waals surface area contributed by atoms with Crippen molar-refractivity contribution in [2.75, 3.05) is 12.4 Å². The van der Waals surface area contributed by atoms with Gasteiger partial charge in [-0.25, -0.2) is 4.39 Å². The molecule has 6 nitrogen and oxygen atoms in total. The van der Waals surface area contributed by atoms with E-state index in [4.69, 9.17) is 16.3 Å². The lowest BCUT2D eigenvalue weighted by Crippen LogP contribution is -2.33. The Morgan fingerprint density at radius 3 is 1.87 bits per heavy atom. The van der Waals surface area contributed by atoms with E-state index in [9.17, 15) is 45.1 Å². The molecule has 0 saturated carbocycles. The third-order valence-corrected chi connectivity index (χ3v) is 7.07. The Labute approximate surface area is 262 Å². The molecule has 0 aliphatic heterocycles. The van der Waals surface area contributed by atoms with Crippen molar-refractivity contribution in [2.24, 2.45) is 0 Å². The van der Waals surface area contributed by atoms with Gasteiger partial charge in [0.1, 0.15) is 5.82 Å². The predicted molar refractivity (Wildman–Crippen MR) is 155 cm³/mol. The van der Waals surface area contributed by atoms with Crippen LogP contribution in [0.15, 0.2) is 84.9 Å². The van der Waals surface area contributed by atoms with Crippen LogP contribution in [0.2, 0.25) is 5.02 Å². The lowest BCUT2D eigenvalue weighted by Gasteiger charge is -2.21. The standard InChI is InChI=1S/C32H22ClF7N2O4/c1-46-28(43)16-27(19-4-2-17(3-5-19)21-8-12-25(34)24(33)15-21)41-29(44)23-14-20(9-13-26(23)42-30(45)32(38,39)40)18-6-10-22(11-7-18)31(35,36)37/h2-15,27H,16H2,1H3,(H,41,44)(H,42,45). The number of nitrogens with one attached hydrogen (secondary N) is 2. The van der Waals surface area contributed by atoms with Crippen LogP contribution < -0.4 is 10.6 Å². The average molecular weight is 667 g/mol. The average Bonchev–Trinajstić information content (AvgIpc) is 3.01. The van der Waals surface area contributed by atoms with E-state index in [-0.39, 0.29) is 16.1 Å². The van der Waals surface area contributed by atoms with E-state index in [1.807, 2.05) is 0 Å². The van der Waals surface area contributed by atoms with Gasteiger partial charge in [-0.05, 0) is 64.2 Å². The second-order valence-electron chi connectivity index (χ2n) is 9.84. The molecule has 4 aromatic carbocycles. The van der Waals surface area contributed by atoms with Gasteiger partial charge in [0.05, 0.1) is 41.4 Å². The van der Waals surface area contributed by atoms with E-state index in [1.54, 1.807) is 29.6 Å². The maximum Gasteiger partial charge on any atom is 0.471 e. The number of hydrogen-bond donors (Lipinski definition) is 2. The minimum atomic E-state index is -5.30. The molecule has 4 aromatic rings. The van der Waals surface area contributed by atoms with Crippen molar-refractivity contribution in [1.82, 2.24) is 5.32 Å². The Kier molecular flexibility index (Phi) is 10.1. The van der Waals surface area contributed by atoms with Crippen molar-refractivity contribution in [3.8, 4) is 22.3 Å². The maximum absolute atomic E-state index is 13.6. The number of esters is 1. The van der Waals surface area contributed by atoms with E-state index in [2.05, 4.69) is 5.32 Å². The van der Waals surface area contributed by atoms with Crippen LogP contribution in [0.5, 0.6) is 0 Å². The summed E-state index contributed by atoms with van der Waals surface area (Å²) >= 11 is 5.87. The minimum absolute atomic E-state index is 0.107. The summed E-state index contributed by atoms with van der Waals surface area (Å²) in [5.41, 5.74) is -0.0721. The second-order valence-corrected chi connectivity index (χ2v) is 10.3. The third-order valence-electron chi connectivity index (χ3n) is 6.79. The van der Waals surface area contributed by atoms with Crippen LogP contribution in [0.1, 0.15) is 33.9 Å². The molecule has 2 N–H and O–H groups in total. The van der Waals surface area contributed by atoms with Crippen molar-refractivity contribution in [3.63, 3.8) is 0 Å². The molecule has 0 aliphatic carbocycles. The van der Waals surface area contributed by atoms with Gasteiger partial charge in [0.25, 0.3) is 5.91 Å². The second kappa shape index (κ2) is 13.6. The molecule has 0 fully saturated rings. The number of halogens is 8. The molecule has 0 radical (unpaired) electrons. The summed E-state index contributed by atoms with van der Waals surface area (Å²) in [5.74, 6) is -4.75. The Bertz CT molecular complexity index is 1760. The largest absolute Gasteiger partial charge is 0.471 e. The molecule has 0 heterocycles. The van der Waals surface area contributed by atoms with E-state index >= 15 is 0 Å². The highest BCUT2D eigenvalue weighted by Gasteiger charge is 2.39. The van der Waals surface area contributed by atoms with Gasteiger partial charge in [-0.1, -0.05) is 60.1 Å². The van der Waals surface area contributed by atoms with E-state index < -0.39 is 65.2 Å². The fourth-order valence-electron chi connectivity index (χ4n) is 4.39. The Balaban J connectivity index is 1.70. The molecular weight excluding hydrogens is 645 g/mol. The molecule has 0 saturated heterocycles. The van der Waals surface area contributed by atoms with E-state index in [0.717, 1.165) is 43.5 Å². The molecule has 0 bridgehead atoms. The van der Waals surface area contributed by atoms with Gasteiger partial charge < -0.3 is 15.4 Å². The summed E-state index contributed by atoms with van der Waals surface area (Å²) in [6.45, 7) is 0. The van der Waals surface area contributed by atoms with Crippen molar-refractivity contribution in [1.29, 1.82) is 0 Å². The normalized spacial score (nSPS) is 12.3. The summed E-state index contributed by atoms with van der Waals surface area (Å²) in [7, 11) is 1.11. The Hall–Kier alpha value is -4.91. The highest BCUT2D eigenvalue weighted by atomic mass is 35.5. The first-order valence-electron chi connectivity index (χ1n) is 13.2. The topological polar surface area (TPSA) is 84.5 Å². The SMILES string of the molecule is COC(=O)CC(NC(=O)c1cc(-c2ccc(C(F)(F)F)cc2)ccc1NC(=O)C(F)(F)F)c1ccc(-c2ccc(F)c(Cl)c2)cc1. The number of amides is 2. The smallest absolute Gasteiger partial charge is 0.469 e. The summed E-state index contributed by atoms with van der Waals surface area (Å²) in [6, 6.07) is 16.4. The van der Waals surface area contributed by atoms with Crippen LogP contribution in [0, 0.1) is 5.82 Å². The van der Waals surface area contributed by atoms with Gasteiger partial charge in [-0.15, -0.1) is 0 Å². The van der Waals surface area contributed by atoms with Gasteiger partial charge >= 0.3 is 24.2 Å². The summed E-state index contributed by atoms with van der Waals surface area (Å²) in [4.78, 5) is 37.6. The van der Waals surface area contributed by atoms with Gasteiger partial charge in [-0.3, -0.25) is 14.4 Å². The van der Waals surface area contributed by atoms with Crippen LogP contribution in [0.3, 0.4) is 0 Å². The highest BCUT2D eigenvalue weighted by Crippen LogP contribution is 2.33. The number of carbonyl (C=O) groups is 3. The van der Waals surface area contributed by atoms with Gasteiger partial charge in [0.15, 0.2) is 0 Å². The van der Waals surface area contributed by atoms with Crippen molar-refractivity contribution >= 4 is 35.1 Å². The van der Waals surface area contributed by atoms with Gasteiger partial charge in [-0.2, -0.15) is 26.3 Å². The molecule has 1 atom stereocenters. The fraction of sp³-hybridized carbons (Fsp3) is 0.156. The highest BCUT2D eigenvalue weighted by molar-refractivity contribution is 6.31. The molecule has 0 aliphatic rings. The molecular formula is C32H22ClF7N2O4. The predicted octanol–water partition coefficient (Wildman–Crippen LogP) is 8.37. The molecule has 1 unspecified atom stereocenters. The van der Waals surface area contributed by atoms with Gasteiger partial charge in [0, 0.05) is 0 Å². The fourth-order valence-corrected chi connectivity index (χ4v) is 4.57. The maximum atomic E-state index is 13.6. The first-order chi connectivity index (χ1) is 21.6. The summed E-state index contributed by atoms with van der Waals surface area (Å²) < 4.78 is 96.7. The van der Waals surface area contributed by atoms with E-state index in [1.165, 1.54) is 24.3 Å². The third kappa shape index (κ3) is 8.21. The lowest BCUT2D eigenvalue weighted by molar-refractivity contribution is -0.167. The van der Waals surface area contributed by atoms with Crippen LogP contribution >= 0.6 is 11.6 Å². The van der Waals surface area contributed by atoms with Crippen LogP contribution in [-0.2, 0) is 20.5 Å². The number of carbonyl (C=O) groups excluding carboxylic acids is 3. The van der Waals surface area contributed by atoms with Crippen molar-refractivity contribution in [3.05, 3.63) is 112 Å². The molecule has 0 spiro atoms. The molecule has 240 valence electrons. The van der Waals surface area contributed by atoms with Crippen LogP contribution in [-0.4, -0.2) is 31.1 Å². The monoisotopic (exact) mass is 666 g/mol. The Morgan fingerprint density at radius 1 is 0.783 bits per heavy atom. The number of hydrogen-bond acceptors (Lipinski definition) is 4. The zero-order chi connectivity index (χ0) is 33.8. The summed E-state index contributed by atoms with van der Waals surface area (Å²) in [5, 5.41) is 4.09. The van der Waals surface area contributed by atoms with Crippen LogP contribution in [0.25, 0.3) is 22.3 Å². The quantitative estimate of drug-likeness (QED) is 0.146. The lowest BCUT2D eigenvalue weighted by atomic mass is 9.97. The molecule has 0 aromatic heterocycles. The van der Waals surface area contributed by atoms with E-state index in [0.29, 0.717) is 16.7 Å². The first-order valence-corrected chi connectivity index (χ1v) is 13.6. The summed E-state index contributed by atoms with van der Waals surface area (Å²) in [6.07, 6.45) is -10.3. The van der Waals surface area contributed by atoms with Crippen molar-refractivity contribution in [2.45, 2.75) is 24.8 Å². The number of methoxy groups -OCH3 is 1. The Morgan fingerprint density at radius 2 is 1.33 bits per heavy atom. The molecule has 4 rings (SSSR count). The first kappa shape index (κ1) is 34.0. The number of rotatable bonds is 8. The molecule has 46 heavy (non-hydrogen) atoms. The molecule has 2 amide bonds. The number of ether oxygens (including phenoxy) is 1. The minimum Gasteiger partial charge on any atom is -0.469 e. The number of benzene rings is 4. The van der Waals surface area contributed by atoms with Crippen molar-refractivity contribution < 1.29 is 49.9 Å². The number of anilines is 1. The number of alkyl halides is 6. The van der Waals surface area contributed by atoms with Crippen LogP contribution in [0.4, 0.5) is 36.4 Å². The molecule has 14 heteroatoms. The zero-order valence-electron chi connectivity index (χ0n) is 23.5. The zero-order valence-corrected chi connectivity index (χ0v) is 24.3. The van der Waals surface area contributed by atoms with Gasteiger partial charge in [0.2, 0.25) is 0 Å².